The standard InChI is InChI=1S/C12H19N3OS/c16-12-7-14(5-10-8-17-9-13-10)6-11(12)15-3-1-2-4-15/h8-9,11-12,16H,1-7H2/t11-,12-/m0/s1. The molecule has 0 saturated carbocycles. The summed E-state index contributed by atoms with van der Waals surface area (Å²) >= 11 is 1.64. The maximum Gasteiger partial charge on any atom is 0.0834 e. The number of likely N-dealkylation sites (tertiary alicyclic amines) is 2. The van der Waals surface area contributed by atoms with Crippen LogP contribution in [0.5, 0.6) is 0 Å². The number of hydrogen-bond acceptors (Lipinski definition) is 5. The Hall–Kier alpha value is -0.490. The molecule has 0 bridgehead atoms. The first-order valence-corrected chi connectivity index (χ1v) is 7.29. The summed E-state index contributed by atoms with van der Waals surface area (Å²) in [6, 6.07) is 0.344. The molecular weight excluding hydrogens is 234 g/mol. The van der Waals surface area contributed by atoms with Crippen molar-refractivity contribution < 1.29 is 5.11 Å². The first-order valence-electron chi connectivity index (χ1n) is 6.34. The zero-order valence-electron chi connectivity index (χ0n) is 9.96. The molecule has 3 heterocycles. The molecule has 4 nitrogen and oxygen atoms in total. The fourth-order valence-electron chi connectivity index (χ4n) is 2.95. The maximum absolute atomic E-state index is 10.1. The Morgan fingerprint density at radius 3 is 2.88 bits per heavy atom. The van der Waals surface area contributed by atoms with Gasteiger partial charge < -0.3 is 5.11 Å². The molecule has 0 spiro atoms. The highest BCUT2D eigenvalue weighted by Crippen LogP contribution is 2.22. The molecule has 3 rings (SSSR count). The number of aliphatic hydroxyl groups is 1. The second-order valence-electron chi connectivity index (χ2n) is 5.05. The van der Waals surface area contributed by atoms with Crippen LogP contribution < -0.4 is 0 Å². The second kappa shape index (κ2) is 5.02. The highest BCUT2D eigenvalue weighted by atomic mass is 32.1. The minimum Gasteiger partial charge on any atom is -0.390 e. The third-order valence-corrected chi connectivity index (χ3v) is 4.45. The molecular formula is C12H19N3OS. The number of hydrogen-bond donors (Lipinski definition) is 1. The third-order valence-electron chi connectivity index (χ3n) is 3.81. The number of nitrogens with zero attached hydrogens (tertiary/aromatic N) is 3. The van der Waals surface area contributed by atoms with E-state index < -0.39 is 0 Å². The van der Waals surface area contributed by atoms with E-state index in [1.54, 1.807) is 11.3 Å². The van der Waals surface area contributed by atoms with Gasteiger partial charge in [-0.05, 0) is 25.9 Å². The van der Waals surface area contributed by atoms with E-state index in [1.807, 2.05) is 5.51 Å². The van der Waals surface area contributed by atoms with Crippen molar-refractivity contribution in [3.63, 3.8) is 0 Å². The molecule has 0 unspecified atom stereocenters. The lowest BCUT2D eigenvalue weighted by Gasteiger charge is -2.25. The largest absolute Gasteiger partial charge is 0.390 e. The Kier molecular flexibility index (Phi) is 3.42. The number of aliphatic hydroxyl groups excluding tert-OH is 1. The summed E-state index contributed by atoms with van der Waals surface area (Å²) in [5, 5.41) is 12.2. The maximum atomic E-state index is 10.1. The Bertz CT molecular complexity index is 351. The number of aromatic nitrogens is 1. The quantitative estimate of drug-likeness (QED) is 0.864. The highest BCUT2D eigenvalue weighted by Gasteiger charge is 2.36. The van der Waals surface area contributed by atoms with E-state index in [4.69, 9.17) is 0 Å². The van der Waals surface area contributed by atoms with Crippen molar-refractivity contribution in [1.82, 2.24) is 14.8 Å². The average Bonchev–Trinajstić information content (AvgIpc) is 3.00. The van der Waals surface area contributed by atoms with Crippen molar-refractivity contribution in [2.75, 3.05) is 26.2 Å². The van der Waals surface area contributed by atoms with Crippen LogP contribution in [0.15, 0.2) is 10.9 Å². The zero-order valence-corrected chi connectivity index (χ0v) is 10.8. The van der Waals surface area contributed by atoms with Crippen LogP contribution in [0.1, 0.15) is 18.5 Å². The summed E-state index contributed by atoms with van der Waals surface area (Å²) in [5.41, 5.74) is 3.00. The van der Waals surface area contributed by atoms with Gasteiger partial charge in [-0.2, -0.15) is 0 Å². The minimum absolute atomic E-state index is 0.188. The van der Waals surface area contributed by atoms with Crippen molar-refractivity contribution in [3.8, 4) is 0 Å². The van der Waals surface area contributed by atoms with E-state index in [2.05, 4.69) is 20.2 Å². The summed E-state index contributed by atoms with van der Waals surface area (Å²) in [7, 11) is 0. The summed E-state index contributed by atoms with van der Waals surface area (Å²) in [5.74, 6) is 0. The van der Waals surface area contributed by atoms with Crippen LogP contribution in [0.25, 0.3) is 0 Å². The Balaban J connectivity index is 1.59. The molecule has 1 aromatic heterocycles. The first kappa shape index (κ1) is 11.6. The van der Waals surface area contributed by atoms with E-state index >= 15 is 0 Å². The molecule has 0 amide bonds. The number of thiazole rings is 1. The lowest BCUT2D eigenvalue weighted by molar-refractivity contribution is 0.0978. The lowest BCUT2D eigenvalue weighted by atomic mass is 10.2. The zero-order chi connectivity index (χ0) is 11.7. The van der Waals surface area contributed by atoms with Crippen LogP contribution in [-0.2, 0) is 6.54 Å². The molecule has 1 aromatic rings. The molecule has 0 aromatic carbocycles. The highest BCUT2D eigenvalue weighted by molar-refractivity contribution is 7.07. The predicted octanol–water partition coefficient (Wildman–Crippen LogP) is 0.784. The van der Waals surface area contributed by atoms with E-state index in [0.29, 0.717) is 6.04 Å². The predicted molar refractivity (Wildman–Crippen MR) is 68.0 cm³/mol. The Labute approximate surface area is 106 Å². The minimum atomic E-state index is -0.188. The fourth-order valence-corrected chi connectivity index (χ4v) is 3.50. The molecule has 0 radical (unpaired) electrons. The van der Waals surface area contributed by atoms with Crippen LogP contribution >= 0.6 is 11.3 Å². The number of β-amino-alcohol motifs (C(OH)–C–C–N with tert-alkyl or cyclic N) is 1. The molecule has 17 heavy (non-hydrogen) atoms. The average molecular weight is 253 g/mol. The van der Waals surface area contributed by atoms with Crippen LogP contribution in [-0.4, -0.2) is 58.2 Å². The van der Waals surface area contributed by atoms with Crippen molar-refractivity contribution >= 4 is 11.3 Å². The van der Waals surface area contributed by atoms with Gasteiger partial charge in [-0.1, -0.05) is 0 Å². The van der Waals surface area contributed by atoms with Gasteiger partial charge in [0.05, 0.1) is 17.3 Å². The van der Waals surface area contributed by atoms with Gasteiger partial charge in [0.1, 0.15) is 0 Å². The molecule has 2 saturated heterocycles. The smallest absolute Gasteiger partial charge is 0.0834 e. The summed E-state index contributed by atoms with van der Waals surface area (Å²) in [6.07, 6.45) is 2.39. The molecule has 2 aliphatic rings. The van der Waals surface area contributed by atoms with Crippen molar-refractivity contribution in [1.29, 1.82) is 0 Å². The van der Waals surface area contributed by atoms with Gasteiger partial charge >= 0.3 is 0 Å². The van der Waals surface area contributed by atoms with Gasteiger partial charge in [0, 0.05) is 31.1 Å². The SMILES string of the molecule is O[C@H]1CN(Cc2cscn2)C[C@@H]1N1CCCC1. The Morgan fingerprint density at radius 1 is 1.35 bits per heavy atom. The van der Waals surface area contributed by atoms with E-state index in [1.165, 1.54) is 12.8 Å². The first-order chi connectivity index (χ1) is 8.33. The Morgan fingerprint density at radius 2 is 2.18 bits per heavy atom. The third kappa shape index (κ3) is 2.52. The number of rotatable bonds is 3. The molecule has 0 aliphatic carbocycles. The lowest BCUT2D eigenvalue weighted by Crippen LogP contribution is -2.41. The van der Waals surface area contributed by atoms with Gasteiger partial charge in [0.15, 0.2) is 0 Å². The van der Waals surface area contributed by atoms with Crippen molar-refractivity contribution in [3.05, 3.63) is 16.6 Å². The second-order valence-corrected chi connectivity index (χ2v) is 5.77. The summed E-state index contributed by atoms with van der Waals surface area (Å²) < 4.78 is 0. The molecule has 1 N–H and O–H groups in total. The van der Waals surface area contributed by atoms with E-state index in [0.717, 1.165) is 38.4 Å². The van der Waals surface area contributed by atoms with E-state index in [-0.39, 0.29) is 6.10 Å². The van der Waals surface area contributed by atoms with Gasteiger partial charge in [0.25, 0.3) is 0 Å². The summed E-state index contributed by atoms with van der Waals surface area (Å²) in [6.45, 7) is 4.97. The van der Waals surface area contributed by atoms with Crippen LogP contribution in [0.4, 0.5) is 0 Å². The molecule has 94 valence electrons. The molecule has 2 aliphatic heterocycles. The van der Waals surface area contributed by atoms with Crippen molar-refractivity contribution in [2.24, 2.45) is 0 Å². The summed E-state index contributed by atoms with van der Waals surface area (Å²) in [4.78, 5) is 9.08. The van der Waals surface area contributed by atoms with Crippen LogP contribution in [0.2, 0.25) is 0 Å². The molecule has 2 atom stereocenters. The van der Waals surface area contributed by atoms with Crippen LogP contribution in [0.3, 0.4) is 0 Å². The molecule has 2 fully saturated rings. The van der Waals surface area contributed by atoms with Gasteiger partial charge in [-0.15, -0.1) is 11.3 Å². The topological polar surface area (TPSA) is 39.6 Å². The fraction of sp³-hybridized carbons (Fsp3) is 0.750. The van der Waals surface area contributed by atoms with Gasteiger partial charge in [0.2, 0.25) is 0 Å². The van der Waals surface area contributed by atoms with Gasteiger partial charge in [-0.25, -0.2) is 4.98 Å². The van der Waals surface area contributed by atoms with Crippen LogP contribution in [0, 0.1) is 0 Å². The molecule has 5 heteroatoms. The van der Waals surface area contributed by atoms with Gasteiger partial charge in [-0.3, -0.25) is 9.80 Å². The normalized spacial score (nSPS) is 31.4. The van der Waals surface area contributed by atoms with E-state index in [9.17, 15) is 5.11 Å². The monoisotopic (exact) mass is 253 g/mol. The van der Waals surface area contributed by atoms with Crippen molar-refractivity contribution in [2.45, 2.75) is 31.5 Å².